The first-order valence-electron chi connectivity index (χ1n) is 11.4. The van der Waals surface area contributed by atoms with E-state index in [4.69, 9.17) is 0 Å². The lowest BCUT2D eigenvalue weighted by molar-refractivity contribution is 0.145. The van der Waals surface area contributed by atoms with Crippen LogP contribution in [0.4, 0.5) is 9.59 Å². The van der Waals surface area contributed by atoms with Gasteiger partial charge < -0.3 is 20.4 Å². The highest BCUT2D eigenvalue weighted by Gasteiger charge is 2.26. The number of carbonyl (C=O) groups excluding carboxylic acids is 2. The van der Waals surface area contributed by atoms with Crippen molar-refractivity contribution in [2.45, 2.75) is 66.2 Å². The number of amides is 4. The molecular formula is C22H42N4O2. The highest BCUT2D eigenvalue weighted by Crippen LogP contribution is 2.21. The molecule has 0 aromatic heterocycles. The topological polar surface area (TPSA) is 64.7 Å². The third kappa shape index (κ3) is 7.88. The van der Waals surface area contributed by atoms with Crippen LogP contribution in [0, 0.1) is 23.7 Å². The second-order valence-corrected chi connectivity index (χ2v) is 9.58. The lowest BCUT2D eigenvalue weighted by Gasteiger charge is -2.35. The average Bonchev–Trinajstić information content (AvgIpc) is 2.61. The van der Waals surface area contributed by atoms with Crippen molar-refractivity contribution in [1.82, 2.24) is 20.4 Å². The minimum atomic E-state index is 0.0932. The molecule has 4 atom stereocenters. The minimum Gasteiger partial charge on any atom is -0.338 e. The van der Waals surface area contributed by atoms with Crippen LogP contribution in [0.3, 0.4) is 0 Å². The molecule has 2 heterocycles. The Balaban J connectivity index is 1.47. The van der Waals surface area contributed by atoms with Crippen LogP contribution in [0.15, 0.2) is 0 Å². The Morgan fingerprint density at radius 2 is 0.964 bits per heavy atom. The molecule has 2 aliphatic heterocycles. The zero-order valence-electron chi connectivity index (χ0n) is 18.5. The first-order chi connectivity index (χ1) is 13.3. The van der Waals surface area contributed by atoms with E-state index in [0.717, 1.165) is 65.0 Å². The van der Waals surface area contributed by atoms with E-state index in [1.54, 1.807) is 0 Å². The van der Waals surface area contributed by atoms with Crippen molar-refractivity contribution >= 4 is 12.1 Å². The predicted molar refractivity (Wildman–Crippen MR) is 114 cm³/mol. The molecule has 28 heavy (non-hydrogen) atoms. The lowest BCUT2D eigenvalue weighted by Crippen LogP contribution is -2.47. The highest BCUT2D eigenvalue weighted by molar-refractivity contribution is 5.74. The summed E-state index contributed by atoms with van der Waals surface area (Å²) in [6.45, 7) is 13.9. The summed E-state index contributed by atoms with van der Waals surface area (Å²) in [6.07, 6.45) is 6.60. The number of carbonyl (C=O) groups is 2. The van der Waals surface area contributed by atoms with Crippen molar-refractivity contribution in [3.8, 4) is 0 Å². The molecule has 6 nitrogen and oxygen atoms in total. The fourth-order valence-electron chi connectivity index (χ4n) is 4.88. The number of rotatable bonds is 7. The number of urea groups is 2. The molecule has 0 aromatic carbocycles. The van der Waals surface area contributed by atoms with E-state index < -0.39 is 0 Å². The van der Waals surface area contributed by atoms with Crippen LogP contribution >= 0.6 is 0 Å². The van der Waals surface area contributed by atoms with Crippen molar-refractivity contribution < 1.29 is 9.59 Å². The van der Waals surface area contributed by atoms with Gasteiger partial charge in [0, 0.05) is 39.3 Å². The standard InChI is InChI=1S/C22H42N4O2/c1-17-11-18(2)14-25(13-17)21(27)23-9-7-5-6-8-10-24-22(28)26-15-19(3)12-20(4)16-26/h17-20H,5-16H2,1-4H3,(H,23,27)(H,24,28). The molecule has 2 N–H and O–H groups in total. The Kier molecular flexibility index (Phi) is 9.39. The number of likely N-dealkylation sites (tertiary alicyclic amines) is 2. The van der Waals surface area contributed by atoms with Gasteiger partial charge in [0.1, 0.15) is 0 Å². The minimum absolute atomic E-state index is 0.0932. The molecule has 2 aliphatic rings. The Morgan fingerprint density at radius 1 is 0.643 bits per heavy atom. The molecule has 0 aliphatic carbocycles. The predicted octanol–water partition coefficient (Wildman–Crippen LogP) is 3.92. The summed E-state index contributed by atoms with van der Waals surface area (Å²) in [4.78, 5) is 28.5. The van der Waals surface area contributed by atoms with Crippen LogP contribution in [0.2, 0.25) is 0 Å². The van der Waals surface area contributed by atoms with Crippen molar-refractivity contribution in [3.05, 3.63) is 0 Å². The molecular weight excluding hydrogens is 352 g/mol. The van der Waals surface area contributed by atoms with Gasteiger partial charge in [-0.3, -0.25) is 0 Å². The van der Waals surface area contributed by atoms with Gasteiger partial charge in [-0.1, -0.05) is 40.5 Å². The molecule has 0 spiro atoms. The van der Waals surface area contributed by atoms with Crippen LogP contribution < -0.4 is 10.6 Å². The highest BCUT2D eigenvalue weighted by atomic mass is 16.2. The van der Waals surface area contributed by atoms with Gasteiger partial charge in [0.25, 0.3) is 0 Å². The van der Waals surface area contributed by atoms with Gasteiger partial charge in [-0.2, -0.15) is 0 Å². The summed E-state index contributed by atoms with van der Waals surface area (Å²) < 4.78 is 0. The quantitative estimate of drug-likeness (QED) is 0.643. The Morgan fingerprint density at radius 3 is 1.29 bits per heavy atom. The average molecular weight is 395 g/mol. The zero-order chi connectivity index (χ0) is 20.5. The maximum Gasteiger partial charge on any atom is 0.317 e. The second kappa shape index (κ2) is 11.5. The summed E-state index contributed by atoms with van der Waals surface area (Å²) in [5, 5.41) is 6.13. The molecule has 0 saturated carbocycles. The largest absolute Gasteiger partial charge is 0.338 e. The van der Waals surface area contributed by atoms with E-state index in [1.165, 1.54) is 12.8 Å². The summed E-state index contributed by atoms with van der Waals surface area (Å²) in [5.41, 5.74) is 0. The van der Waals surface area contributed by atoms with E-state index >= 15 is 0 Å². The fraction of sp³-hybridized carbons (Fsp3) is 0.909. The van der Waals surface area contributed by atoms with Gasteiger partial charge in [-0.15, -0.1) is 0 Å². The molecule has 2 rings (SSSR count). The van der Waals surface area contributed by atoms with Crippen LogP contribution in [0.25, 0.3) is 0 Å². The zero-order valence-corrected chi connectivity index (χ0v) is 18.5. The van der Waals surface area contributed by atoms with Gasteiger partial charge in [0.15, 0.2) is 0 Å². The molecule has 0 aromatic rings. The van der Waals surface area contributed by atoms with Crippen LogP contribution in [-0.4, -0.2) is 61.1 Å². The SMILES string of the molecule is CC1CC(C)CN(C(=O)NCCCCCCNC(=O)N2CC(C)CC(C)C2)C1. The Labute approximate surface area is 171 Å². The normalized spacial score (nSPS) is 28.1. The molecule has 4 unspecified atom stereocenters. The maximum atomic E-state index is 12.3. The van der Waals surface area contributed by atoms with Crippen molar-refractivity contribution in [2.75, 3.05) is 39.3 Å². The first-order valence-corrected chi connectivity index (χ1v) is 11.4. The molecule has 2 saturated heterocycles. The third-order valence-corrected chi connectivity index (χ3v) is 5.97. The van der Waals surface area contributed by atoms with Gasteiger partial charge in [-0.05, 0) is 49.4 Å². The summed E-state index contributed by atoms with van der Waals surface area (Å²) in [5.74, 6) is 2.39. The second-order valence-electron chi connectivity index (χ2n) is 9.58. The maximum absolute atomic E-state index is 12.3. The van der Waals surface area contributed by atoms with Gasteiger partial charge in [0.2, 0.25) is 0 Å². The van der Waals surface area contributed by atoms with Crippen LogP contribution in [-0.2, 0) is 0 Å². The van der Waals surface area contributed by atoms with E-state index in [1.807, 2.05) is 9.80 Å². The van der Waals surface area contributed by atoms with E-state index in [0.29, 0.717) is 23.7 Å². The van der Waals surface area contributed by atoms with E-state index in [-0.39, 0.29) is 12.1 Å². The number of hydrogen-bond donors (Lipinski definition) is 2. The monoisotopic (exact) mass is 394 g/mol. The van der Waals surface area contributed by atoms with Gasteiger partial charge >= 0.3 is 12.1 Å². The van der Waals surface area contributed by atoms with Crippen LogP contribution in [0.1, 0.15) is 66.2 Å². The van der Waals surface area contributed by atoms with Gasteiger partial charge in [0.05, 0.1) is 0 Å². The van der Waals surface area contributed by atoms with Crippen LogP contribution in [0.5, 0.6) is 0 Å². The number of hydrogen-bond acceptors (Lipinski definition) is 2. The van der Waals surface area contributed by atoms with Gasteiger partial charge in [-0.25, -0.2) is 9.59 Å². The Bertz CT molecular complexity index is 435. The number of nitrogens with zero attached hydrogens (tertiary/aromatic N) is 2. The fourth-order valence-corrected chi connectivity index (χ4v) is 4.88. The molecule has 2 fully saturated rings. The van der Waals surface area contributed by atoms with Crippen molar-refractivity contribution in [2.24, 2.45) is 23.7 Å². The van der Waals surface area contributed by atoms with E-state index in [2.05, 4.69) is 38.3 Å². The molecule has 6 heteroatoms. The molecule has 4 amide bonds. The Hall–Kier alpha value is -1.46. The molecule has 0 bridgehead atoms. The van der Waals surface area contributed by atoms with E-state index in [9.17, 15) is 9.59 Å². The molecule has 0 radical (unpaired) electrons. The summed E-state index contributed by atoms with van der Waals surface area (Å²) >= 11 is 0. The number of unbranched alkanes of at least 4 members (excludes halogenated alkanes) is 3. The summed E-state index contributed by atoms with van der Waals surface area (Å²) in [6, 6.07) is 0.186. The summed E-state index contributed by atoms with van der Waals surface area (Å²) in [7, 11) is 0. The van der Waals surface area contributed by atoms with Crippen molar-refractivity contribution in [3.63, 3.8) is 0 Å². The third-order valence-electron chi connectivity index (χ3n) is 5.97. The molecule has 162 valence electrons. The van der Waals surface area contributed by atoms with Crippen molar-refractivity contribution in [1.29, 1.82) is 0 Å². The smallest absolute Gasteiger partial charge is 0.317 e. The number of nitrogens with one attached hydrogen (secondary N) is 2. The first kappa shape index (κ1) is 22.8. The number of piperidine rings is 2. The lowest BCUT2D eigenvalue weighted by atomic mass is 9.92.